The number of nitrogens with one attached hydrogen (secondary N) is 1. The molecule has 0 aliphatic carbocycles. The standard InChI is InChI=1S/C19H14ClNO5S/c1-10(18(22)21-11-6-7-13-14(8-11)25-9-24-13)26-19(23)17-16(20)12-4-2-3-5-15(12)27-17/h2-8,10H,9H2,1H3,(H,21,22)/t10-/m0/s1. The molecule has 3 aromatic rings. The van der Waals surface area contributed by atoms with Crippen LogP contribution in [-0.2, 0) is 9.53 Å². The van der Waals surface area contributed by atoms with Crippen LogP contribution in [0.2, 0.25) is 5.02 Å². The van der Waals surface area contributed by atoms with Crippen molar-refractivity contribution in [2.75, 3.05) is 12.1 Å². The maximum absolute atomic E-state index is 12.4. The summed E-state index contributed by atoms with van der Waals surface area (Å²) in [7, 11) is 0. The predicted octanol–water partition coefficient (Wildman–Crippen LogP) is 4.47. The van der Waals surface area contributed by atoms with E-state index >= 15 is 0 Å². The summed E-state index contributed by atoms with van der Waals surface area (Å²) >= 11 is 7.52. The summed E-state index contributed by atoms with van der Waals surface area (Å²) in [6.45, 7) is 1.65. The number of rotatable bonds is 4. The van der Waals surface area contributed by atoms with Gasteiger partial charge in [0, 0.05) is 21.8 Å². The van der Waals surface area contributed by atoms with Crippen LogP contribution in [0.25, 0.3) is 10.1 Å². The lowest BCUT2D eigenvalue weighted by Gasteiger charge is -2.13. The van der Waals surface area contributed by atoms with Crippen molar-refractivity contribution in [3.8, 4) is 11.5 Å². The van der Waals surface area contributed by atoms with Gasteiger partial charge in [0.15, 0.2) is 17.6 Å². The van der Waals surface area contributed by atoms with E-state index in [-0.39, 0.29) is 11.7 Å². The molecule has 0 spiro atoms. The number of benzene rings is 2. The van der Waals surface area contributed by atoms with Crippen LogP contribution >= 0.6 is 22.9 Å². The van der Waals surface area contributed by atoms with E-state index in [1.54, 1.807) is 18.2 Å². The van der Waals surface area contributed by atoms with Gasteiger partial charge in [-0.2, -0.15) is 0 Å². The van der Waals surface area contributed by atoms with Gasteiger partial charge in [0.2, 0.25) is 6.79 Å². The fourth-order valence-corrected chi connectivity index (χ4v) is 4.02. The first-order valence-electron chi connectivity index (χ1n) is 8.11. The number of ether oxygens (including phenoxy) is 3. The first kappa shape index (κ1) is 17.6. The van der Waals surface area contributed by atoms with E-state index < -0.39 is 18.0 Å². The summed E-state index contributed by atoms with van der Waals surface area (Å²) in [6, 6.07) is 12.5. The summed E-state index contributed by atoms with van der Waals surface area (Å²) in [5.74, 6) is 0.0790. The zero-order chi connectivity index (χ0) is 19.0. The van der Waals surface area contributed by atoms with Crippen molar-refractivity contribution in [3.05, 3.63) is 52.4 Å². The van der Waals surface area contributed by atoms with E-state index in [0.717, 1.165) is 10.1 Å². The quantitative estimate of drug-likeness (QED) is 0.651. The normalized spacial score (nSPS) is 13.4. The predicted molar refractivity (Wildman–Crippen MR) is 103 cm³/mol. The maximum atomic E-state index is 12.4. The largest absolute Gasteiger partial charge is 0.454 e. The number of amides is 1. The molecule has 1 amide bonds. The smallest absolute Gasteiger partial charge is 0.350 e. The molecule has 0 fully saturated rings. The molecule has 1 atom stereocenters. The minimum atomic E-state index is -0.996. The number of carbonyl (C=O) groups is 2. The monoisotopic (exact) mass is 403 g/mol. The van der Waals surface area contributed by atoms with Gasteiger partial charge in [-0.1, -0.05) is 29.8 Å². The first-order valence-corrected chi connectivity index (χ1v) is 9.31. The Morgan fingerprint density at radius 1 is 1.19 bits per heavy atom. The van der Waals surface area contributed by atoms with E-state index in [9.17, 15) is 9.59 Å². The molecule has 1 aliphatic heterocycles. The Labute approximate surface area is 163 Å². The molecule has 27 heavy (non-hydrogen) atoms. The Hall–Kier alpha value is -2.77. The highest BCUT2D eigenvalue weighted by Gasteiger charge is 2.24. The summed E-state index contributed by atoms with van der Waals surface area (Å²) in [5.41, 5.74) is 0.520. The maximum Gasteiger partial charge on any atom is 0.350 e. The van der Waals surface area contributed by atoms with Crippen LogP contribution in [-0.4, -0.2) is 24.8 Å². The zero-order valence-electron chi connectivity index (χ0n) is 14.2. The van der Waals surface area contributed by atoms with Crippen LogP contribution in [0.1, 0.15) is 16.6 Å². The Morgan fingerprint density at radius 3 is 2.78 bits per heavy atom. The van der Waals surface area contributed by atoms with Crippen LogP contribution in [0.5, 0.6) is 11.5 Å². The van der Waals surface area contributed by atoms with E-state index in [2.05, 4.69) is 5.32 Å². The molecule has 8 heteroatoms. The van der Waals surface area contributed by atoms with Gasteiger partial charge in [0.1, 0.15) is 4.88 Å². The van der Waals surface area contributed by atoms with E-state index in [1.165, 1.54) is 18.3 Å². The number of esters is 1. The average molecular weight is 404 g/mol. The second-order valence-electron chi connectivity index (χ2n) is 5.85. The number of halogens is 1. The summed E-state index contributed by atoms with van der Waals surface area (Å²) in [6.07, 6.45) is -0.996. The van der Waals surface area contributed by atoms with Crippen molar-refractivity contribution in [2.24, 2.45) is 0 Å². The zero-order valence-corrected chi connectivity index (χ0v) is 15.7. The van der Waals surface area contributed by atoms with Gasteiger partial charge in [-0.05, 0) is 25.1 Å². The molecule has 1 N–H and O–H groups in total. The SMILES string of the molecule is C[C@H](OC(=O)c1sc2ccccc2c1Cl)C(=O)Nc1ccc2c(c1)OCO2. The third-order valence-corrected chi connectivity index (χ3v) is 5.67. The molecule has 0 saturated carbocycles. The third kappa shape index (κ3) is 3.43. The molecule has 0 saturated heterocycles. The Morgan fingerprint density at radius 2 is 1.96 bits per heavy atom. The minimum absolute atomic E-state index is 0.149. The lowest BCUT2D eigenvalue weighted by molar-refractivity contribution is -0.123. The number of thiophene rings is 1. The molecule has 6 nitrogen and oxygen atoms in total. The van der Waals surface area contributed by atoms with Crippen molar-refractivity contribution >= 4 is 50.6 Å². The van der Waals surface area contributed by atoms with Crippen LogP contribution in [0, 0.1) is 0 Å². The van der Waals surface area contributed by atoms with Gasteiger partial charge in [0.25, 0.3) is 5.91 Å². The van der Waals surface area contributed by atoms with Crippen molar-refractivity contribution in [1.82, 2.24) is 0 Å². The van der Waals surface area contributed by atoms with E-state index in [4.69, 9.17) is 25.8 Å². The van der Waals surface area contributed by atoms with Crippen LogP contribution in [0.4, 0.5) is 5.69 Å². The fraction of sp³-hybridized carbons (Fsp3) is 0.158. The molecule has 1 aromatic heterocycles. The highest BCUT2D eigenvalue weighted by Crippen LogP contribution is 2.36. The van der Waals surface area contributed by atoms with Gasteiger partial charge in [0.05, 0.1) is 5.02 Å². The Kier molecular flexibility index (Phi) is 4.63. The van der Waals surface area contributed by atoms with Crippen LogP contribution < -0.4 is 14.8 Å². The van der Waals surface area contributed by atoms with Crippen molar-refractivity contribution in [1.29, 1.82) is 0 Å². The Bertz CT molecular complexity index is 1050. The molecule has 2 heterocycles. The molecule has 4 rings (SSSR count). The summed E-state index contributed by atoms with van der Waals surface area (Å²) < 4.78 is 16.7. The molecular formula is C19H14ClNO5S. The Balaban J connectivity index is 1.44. The minimum Gasteiger partial charge on any atom is -0.454 e. The molecule has 0 bridgehead atoms. The number of hydrogen-bond acceptors (Lipinski definition) is 6. The molecule has 2 aromatic carbocycles. The van der Waals surface area contributed by atoms with Gasteiger partial charge in [-0.15, -0.1) is 11.3 Å². The molecular weight excluding hydrogens is 390 g/mol. The summed E-state index contributed by atoms with van der Waals surface area (Å²) in [4.78, 5) is 25.1. The average Bonchev–Trinajstić information content (AvgIpc) is 3.26. The van der Waals surface area contributed by atoms with Crippen LogP contribution in [0.3, 0.4) is 0 Å². The molecule has 1 aliphatic rings. The van der Waals surface area contributed by atoms with Crippen molar-refractivity contribution in [3.63, 3.8) is 0 Å². The van der Waals surface area contributed by atoms with Gasteiger partial charge in [-0.25, -0.2) is 4.79 Å². The lowest BCUT2D eigenvalue weighted by Crippen LogP contribution is -2.29. The number of anilines is 1. The lowest BCUT2D eigenvalue weighted by atomic mass is 10.2. The highest BCUT2D eigenvalue weighted by molar-refractivity contribution is 7.21. The van der Waals surface area contributed by atoms with Gasteiger partial charge in [-0.3, -0.25) is 4.79 Å². The highest BCUT2D eigenvalue weighted by atomic mass is 35.5. The third-order valence-electron chi connectivity index (χ3n) is 4.01. The number of fused-ring (bicyclic) bond motifs is 2. The summed E-state index contributed by atoms with van der Waals surface area (Å²) in [5, 5.41) is 3.81. The fourth-order valence-electron chi connectivity index (χ4n) is 2.63. The van der Waals surface area contributed by atoms with Crippen molar-refractivity contribution in [2.45, 2.75) is 13.0 Å². The molecule has 0 radical (unpaired) electrons. The second-order valence-corrected chi connectivity index (χ2v) is 7.28. The van der Waals surface area contributed by atoms with Crippen molar-refractivity contribution < 1.29 is 23.8 Å². The van der Waals surface area contributed by atoms with Crippen LogP contribution in [0.15, 0.2) is 42.5 Å². The second kappa shape index (κ2) is 7.09. The first-order chi connectivity index (χ1) is 13.0. The molecule has 138 valence electrons. The topological polar surface area (TPSA) is 73.9 Å². The van der Waals surface area contributed by atoms with Gasteiger partial charge < -0.3 is 19.5 Å². The number of carbonyl (C=O) groups excluding carboxylic acids is 2. The van der Waals surface area contributed by atoms with E-state index in [0.29, 0.717) is 22.2 Å². The van der Waals surface area contributed by atoms with E-state index in [1.807, 2.05) is 24.3 Å². The molecule has 0 unspecified atom stereocenters. The number of hydrogen-bond donors (Lipinski definition) is 1. The van der Waals surface area contributed by atoms with Gasteiger partial charge >= 0.3 is 5.97 Å².